The van der Waals surface area contributed by atoms with Crippen molar-refractivity contribution in [3.05, 3.63) is 18.5 Å². The Morgan fingerprint density at radius 2 is 2.12 bits per heavy atom. The number of carboxylic acid groups (broad SMARTS) is 1. The van der Waals surface area contributed by atoms with Crippen LogP contribution in [-0.4, -0.2) is 41.5 Å². The normalized spacial score (nSPS) is 18.3. The lowest BCUT2D eigenvalue weighted by Crippen LogP contribution is -2.52. The topological polar surface area (TPSA) is 79.6 Å². The number of carboxylic acids is 1. The van der Waals surface area contributed by atoms with Gasteiger partial charge in [0.2, 0.25) is 10.0 Å². The standard InChI is InChI=1S/C9H12N2O4S/c1-10-3-2-8(6-10)16(14,15)11-4-7(5-11)9(12)13/h2-3,6-7H,4-5H2,1H3,(H,12,13). The quantitative estimate of drug-likeness (QED) is 0.793. The Balaban J connectivity index is 2.14. The molecule has 0 aromatic carbocycles. The number of carbonyl (C=O) groups is 1. The molecule has 0 unspecified atom stereocenters. The Morgan fingerprint density at radius 1 is 1.50 bits per heavy atom. The molecule has 1 aliphatic rings. The zero-order valence-corrected chi connectivity index (χ0v) is 9.51. The summed E-state index contributed by atoms with van der Waals surface area (Å²) in [4.78, 5) is 10.8. The van der Waals surface area contributed by atoms with Crippen LogP contribution >= 0.6 is 0 Å². The van der Waals surface area contributed by atoms with Gasteiger partial charge < -0.3 is 9.67 Å². The third-order valence-corrected chi connectivity index (χ3v) is 4.46. The van der Waals surface area contributed by atoms with Gasteiger partial charge in [-0.3, -0.25) is 4.79 Å². The van der Waals surface area contributed by atoms with Crippen molar-refractivity contribution < 1.29 is 18.3 Å². The lowest BCUT2D eigenvalue weighted by molar-refractivity contribution is -0.145. The van der Waals surface area contributed by atoms with Gasteiger partial charge in [-0.1, -0.05) is 0 Å². The van der Waals surface area contributed by atoms with E-state index < -0.39 is 21.9 Å². The van der Waals surface area contributed by atoms with Gasteiger partial charge in [0, 0.05) is 32.5 Å². The molecule has 0 saturated carbocycles. The molecule has 16 heavy (non-hydrogen) atoms. The first-order valence-electron chi connectivity index (χ1n) is 4.76. The summed E-state index contributed by atoms with van der Waals surface area (Å²) in [7, 11) is -1.77. The molecule has 0 amide bonds. The van der Waals surface area contributed by atoms with Gasteiger partial charge in [0.25, 0.3) is 0 Å². The molecule has 0 bridgehead atoms. The van der Waals surface area contributed by atoms with Gasteiger partial charge >= 0.3 is 5.97 Å². The van der Waals surface area contributed by atoms with Crippen LogP contribution in [0, 0.1) is 5.92 Å². The van der Waals surface area contributed by atoms with Crippen molar-refractivity contribution in [3.8, 4) is 0 Å². The fraction of sp³-hybridized carbons (Fsp3) is 0.444. The first kappa shape index (κ1) is 11.2. The SMILES string of the molecule is Cn1ccc(S(=O)(=O)N2CC(C(=O)O)C2)c1. The Morgan fingerprint density at radius 3 is 2.56 bits per heavy atom. The average molecular weight is 244 g/mol. The van der Waals surface area contributed by atoms with E-state index in [0.717, 1.165) is 0 Å². The average Bonchev–Trinajstić information content (AvgIpc) is 2.47. The maximum Gasteiger partial charge on any atom is 0.309 e. The van der Waals surface area contributed by atoms with Gasteiger partial charge in [-0.15, -0.1) is 0 Å². The maximum absolute atomic E-state index is 11.9. The smallest absolute Gasteiger partial charge is 0.309 e. The van der Waals surface area contributed by atoms with E-state index in [4.69, 9.17) is 5.11 Å². The van der Waals surface area contributed by atoms with E-state index in [-0.39, 0.29) is 18.0 Å². The zero-order valence-electron chi connectivity index (χ0n) is 8.70. The van der Waals surface area contributed by atoms with E-state index in [0.29, 0.717) is 0 Å². The molecular weight excluding hydrogens is 232 g/mol. The fourth-order valence-electron chi connectivity index (χ4n) is 1.57. The molecule has 88 valence electrons. The minimum absolute atomic E-state index is 0.0621. The summed E-state index contributed by atoms with van der Waals surface area (Å²) >= 11 is 0. The Kier molecular flexibility index (Phi) is 2.51. The summed E-state index contributed by atoms with van der Waals surface area (Å²) in [5, 5.41) is 8.67. The minimum atomic E-state index is -3.50. The first-order chi connectivity index (χ1) is 7.41. The number of aromatic nitrogens is 1. The predicted molar refractivity (Wildman–Crippen MR) is 55.3 cm³/mol. The minimum Gasteiger partial charge on any atom is -0.481 e. The second-order valence-electron chi connectivity index (χ2n) is 3.87. The van der Waals surface area contributed by atoms with Crippen LogP contribution < -0.4 is 0 Å². The summed E-state index contributed by atoms with van der Waals surface area (Å²) in [6.45, 7) is 0.124. The van der Waals surface area contributed by atoms with Gasteiger partial charge in [0.15, 0.2) is 0 Å². The highest BCUT2D eigenvalue weighted by atomic mass is 32.2. The Labute approximate surface area is 93.1 Å². The fourth-order valence-corrected chi connectivity index (χ4v) is 3.15. The molecule has 1 aromatic rings. The van der Waals surface area contributed by atoms with E-state index in [9.17, 15) is 13.2 Å². The molecule has 1 fully saturated rings. The van der Waals surface area contributed by atoms with Gasteiger partial charge in [0.1, 0.15) is 0 Å². The van der Waals surface area contributed by atoms with Crippen molar-refractivity contribution in [1.82, 2.24) is 8.87 Å². The van der Waals surface area contributed by atoms with Crippen LogP contribution in [0.25, 0.3) is 0 Å². The molecule has 0 atom stereocenters. The van der Waals surface area contributed by atoms with E-state index >= 15 is 0 Å². The first-order valence-corrected chi connectivity index (χ1v) is 6.20. The molecule has 1 saturated heterocycles. The molecule has 1 aliphatic heterocycles. The highest BCUT2D eigenvalue weighted by molar-refractivity contribution is 7.89. The lowest BCUT2D eigenvalue weighted by atomic mass is 10.0. The molecular formula is C9H12N2O4S. The molecule has 0 radical (unpaired) electrons. The van der Waals surface area contributed by atoms with E-state index in [1.807, 2.05) is 0 Å². The van der Waals surface area contributed by atoms with Crippen LogP contribution in [0.15, 0.2) is 23.4 Å². The zero-order chi connectivity index (χ0) is 11.9. The Bertz CT molecular complexity index is 513. The highest BCUT2D eigenvalue weighted by Gasteiger charge is 2.40. The third kappa shape index (κ3) is 1.72. The molecule has 1 aromatic heterocycles. The van der Waals surface area contributed by atoms with E-state index in [1.54, 1.807) is 17.8 Å². The lowest BCUT2D eigenvalue weighted by Gasteiger charge is -2.34. The van der Waals surface area contributed by atoms with E-state index in [2.05, 4.69) is 0 Å². The van der Waals surface area contributed by atoms with Crippen molar-refractivity contribution in [3.63, 3.8) is 0 Å². The second kappa shape index (κ2) is 3.60. The molecule has 1 N–H and O–H groups in total. The molecule has 7 heteroatoms. The predicted octanol–water partition coefficient (Wildman–Crippen LogP) is -0.270. The van der Waals surface area contributed by atoms with Crippen molar-refractivity contribution in [1.29, 1.82) is 0 Å². The number of nitrogens with zero attached hydrogens (tertiary/aromatic N) is 2. The van der Waals surface area contributed by atoms with Crippen LogP contribution in [0.2, 0.25) is 0 Å². The third-order valence-electron chi connectivity index (χ3n) is 2.64. The monoisotopic (exact) mass is 244 g/mol. The van der Waals surface area contributed by atoms with Crippen LogP contribution in [0.1, 0.15) is 0 Å². The maximum atomic E-state index is 11.9. The molecule has 0 spiro atoms. The number of hydrogen-bond acceptors (Lipinski definition) is 3. The number of sulfonamides is 1. The van der Waals surface area contributed by atoms with Crippen LogP contribution in [0.5, 0.6) is 0 Å². The van der Waals surface area contributed by atoms with Crippen molar-refractivity contribution in [2.24, 2.45) is 13.0 Å². The Hall–Kier alpha value is -1.34. The number of rotatable bonds is 3. The largest absolute Gasteiger partial charge is 0.481 e. The van der Waals surface area contributed by atoms with Gasteiger partial charge in [-0.25, -0.2) is 8.42 Å². The summed E-state index contributed by atoms with van der Waals surface area (Å²) in [6.07, 6.45) is 3.14. The van der Waals surface area contributed by atoms with Gasteiger partial charge in [-0.05, 0) is 6.07 Å². The number of aliphatic carboxylic acids is 1. The molecule has 6 nitrogen and oxygen atoms in total. The number of aryl methyl sites for hydroxylation is 1. The molecule has 2 heterocycles. The van der Waals surface area contributed by atoms with Crippen LogP contribution in [0.4, 0.5) is 0 Å². The van der Waals surface area contributed by atoms with Crippen molar-refractivity contribution in [2.45, 2.75) is 4.90 Å². The van der Waals surface area contributed by atoms with Crippen LogP contribution in [-0.2, 0) is 21.9 Å². The van der Waals surface area contributed by atoms with Gasteiger partial charge in [0.05, 0.1) is 10.8 Å². The summed E-state index contributed by atoms with van der Waals surface area (Å²) < 4.78 is 26.7. The molecule has 0 aliphatic carbocycles. The van der Waals surface area contributed by atoms with Crippen molar-refractivity contribution in [2.75, 3.05) is 13.1 Å². The second-order valence-corrected chi connectivity index (χ2v) is 5.81. The number of hydrogen-bond donors (Lipinski definition) is 1. The highest BCUT2D eigenvalue weighted by Crippen LogP contribution is 2.25. The van der Waals surface area contributed by atoms with E-state index in [1.165, 1.54) is 16.6 Å². The van der Waals surface area contributed by atoms with Gasteiger partial charge in [-0.2, -0.15) is 4.31 Å². The summed E-state index contributed by atoms with van der Waals surface area (Å²) in [5.41, 5.74) is 0. The molecule has 2 rings (SSSR count). The summed E-state index contributed by atoms with van der Waals surface area (Å²) in [6, 6.07) is 1.50. The van der Waals surface area contributed by atoms with Crippen molar-refractivity contribution >= 4 is 16.0 Å². The summed E-state index contributed by atoms with van der Waals surface area (Å²) in [5.74, 6) is -1.52. The van der Waals surface area contributed by atoms with Crippen LogP contribution in [0.3, 0.4) is 0 Å².